The number of ether oxygens (including phenoxy) is 2. The molecule has 1 fully saturated rings. The van der Waals surface area contributed by atoms with Gasteiger partial charge in [-0.25, -0.2) is 4.98 Å². The second-order valence-corrected chi connectivity index (χ2v) is 6.24. The van der Waals surface area contributed by atoms with Crippen molar-refractivity contribution in [1.29, 1.82) is 0 Å². The van der Waals surface area contributed by atoms with Gasteiger partial charge in [-0.15, -0.1) is 0 Å². The van der Waals surface area contributed by atoms with Crippen LogP contribution in [0, 0.1) is 0 Å². The maximum absolute atomic E-state index is 12.5. The van der Waals surface area contributed by atoms with Crippen molar-refractivity contribution in [3.63, 3.8) is 0 Å². The van der Waals surface area contributed by atoms with Crippen LogP contribution in [0.1, 0.15) is 6.42 Å². The molecule has 0 aliphatic carbocycles. The number of rotatable bonds is 6. The van der Waals surface area contributed by atoms with Crippen LogP contribution >= 0.6 is 0 Å². The average Bonchev–Trinajstić information content (AvgIpc) is 3.07. The number of β-amino-alcohol motifs (C(OH)–C–C–N with tert-alkyl or cyclic N) is 1. The van der Waals surface area contributed by atoms with E-state index >= 15 is 0 Å². The van der Waals surface area contributed by atoms with Crippen LogP contribution in [0.5, 0.6) is 5.75 Å². The van der Waals surface area contributed by atoms with Gasteiger partial charge < -0.3 is 24.0 Å². The molecule has 1 N–H and O–H groups in total. The van der Waals surface area contributed by atoms with Gasteiger partial charge in [-0.05, 0) is 12.1 Å². The van der Waals surface area contributed by atoms with Crippen molar-refractivity contribution in [2.45, 2.75) is 18.6 Å². The molecule has 1 aliphatic heterocycles. The molecule has 3 rings (SSSR count). The summed E-state index contributed by atoms with van der Waals surface area (Å²) in [6.45, 7) is 1.85. The molecule has 1 amide bonds. The number of nitrogens with zero attached hydrogens (tertiary/aromatic N) is 3. The Labute approximate surface area is 146 Å². The third-order valence-corrected chi connectivity index (χ3v) is 4.11. The van der Waals surface area contributed by atoms with E-state index in [0.29, 0.717) is 31.9 Å². The Morgan fingerprint density at radius 1 is 1.36 bits per heavy atom. The minimum atomic E-state index is -1.23. The van der Waals surface area contributed by atoms with Crippen LogP contribution in [-0.2, 0) is 16.1 Å². The Hall–Kier alpha value is -2.38. The summed E-state index contributed by atoms with van der Waals surface area (Å²) in [4.78, 5) is 18.1. The van der Waals surface area contributed by atoms with E-state index in [0.717, 1.165) is 0 Å². The molecule has 1 saturated heterocycles. The van der Waals surface area contributed by atoms with Gasteiger partial charge in [0, 0.05) is 31.9 Å². The van der Waals surface area contributed by atoms with Crippen LogP contribution < -0.4 is 4.74 Å². The zero-order valence-electron chi connectivity index (χ0n) is 14.1. The van der Waals surface area contributed by atoms with Crippen LogP contribution in [-0.4, -0.2) is 64.0 Å². The van der Waals surface area contributed by atoms with Gasteiger partial charge in [0.2, 0.25) is 5.91 Å². The van der Waals surface area contributed by atoms with Crippen molar-refractivity contribution in [2.24, 2.45) is 0 Å². The lowest BCUT2D eigenvalue weighted by Crippen LogP contribution is -2.50. The summed E-state index contributed by atoms with van der Waals surface area (Å²) >= 11 is 0. The first-order valence-corrected chi connectivity index (χ1v) is 8.36. The second-order valence-electron chi connectivity index (χ2n) is 6.24. The van der Waals surface area contributed by atoms with Gasteiger partial charge in [-0.2, -0.15) is 0 Å². The Morgan fingerprint density at radius 2 is 2.20 bits per heavy atom. The van der Waals surface area contributed by atoms with Crippen molar-refractivity contribution < 1.29 is 19.4 Å². The van der Waals surface area contributed by atoms with E-state index < -0.39 is 5.60 Å². The van der Waals surface area contributed by atoms with E-state index in [1.54, 1.807) is 17.4 Å². The van der Waals surface area contributed by atoms with Crippen LogP contribution in [0.25, 0.3) is 0 Å². The van der Waals surface area contributed by atoms with Crippen molar-refractivity contribution in [2.75, 3.05) is 32.9 Å². The maximum Gasteiger partial charge on any atom is 0.224 e. The van der Waals surface area contributed by atoms with Gasteiger partial charge in [0.15, 0.2) is 0 Å². The molecule has 7 nitrogen and oxygen atoms in total. The zero-order chi connectivity index (χ0) is 17.5. The monoisotopic (exact) mass is 345 g/mol. The molecule has 0 unspecified atom stereocenters. The summed E-state index contributed by atoms with van der Waals surface area (Å²) in [5.74, 6) is 0.662. The number of hydrogen-bond donors (Lipinski definition) is 1. The normalized spacial score (nSPS) is 20.9. The topological polar surface area (TPSA) is 76.8 Å². The molecule has 1 aromatic carbocycles. The van der Waals surface area contributed by atoms with E-state index in [2.05, 4.69) is 4.98 Å². The van der Waals surface area contributed by atoms with Gasteiger partial charge in [0.25, 0.3) is 0 Å². The number of imidazole rings is 1. The zero-order valence-corrected chi connectivity index (χ0v) is 14.1. The number of amides is 1. The molecule has 134 valence electrons. The first kappa shape index (κ1) is 17.4. The molecule has 2 aromatic rings. The fourth-order valence-corrected chi connectivity index (χ4v) is 2.75. The largest absolute Gasteiger partial charge is 0.490 e. The van der Waals surface area contributed by atoms with Gasteiger partial charge in [-0.3, -0.25) is 4.79 Å². The predicted octanol–water partition coefficient (Wildman–Crippen LogP) is 0.942. The van der Waals surface area contributed by atoms with Crippen LogP contribution in [0.15, 0.2) is 49.1 Å². The Kier molecular flexibility index (Phi) is 5.67. The minimum Gasteiger partial charge on any atom is -0.490 e. The summed E-state index contributed by atoms with van der Waals surface area (Å²) in [5, 5.41) is 10.8. The molecule has 1 aromatic heterocycles. The van der Waals surface area contributed by atoms with E-state index in [9.17, 15) is 9.90 Å². The molecular formula is C18H23N3O4. The summed E-state index contributed by atoms with van der Waals surface area (Å²) in [5.41, 5.74) is -1.23. The molecule has 0 saturated carbocycles. The molecule has 0 spiro atoms. The van der Waals surface area contributed by atoms with Gasteiger partial charge in [0.1, 0.15) is 18.0 Å². The van der Waals surface area contributed by atoms with Crippen molar-refractivity contribution in [1.82, 2.24) is 14.5 Å². The highest BCUT2D eigenvalue weighted by Gasteiger charge is 2.35. The first-order chi connectivity index (χ1) is 12.1. The molecule has 7 heteroatoms. The van der Waals surface area contributed by atoms with Crippen LogP contribution in [0.3, 0.4) is 0 Å². The lowest BCUT2D eigenvalue weighted by Gasteiger charge is -2.30. The highest BCUT2D eigenvalue weighted by molar-refractivity contribution is 5.76. The number of hydrogen-bond acceptors (Lipinski definition) is 5. The van der Waals surface area contributed by atoms with Crippen LogP contribution in [0.2, 0.25) is 0 Å². The Balaban J connectivity index is 1.56. The van der Waals surface area contributed by atoms with Crippen molar-refractivity contribution in [3.8, 4) is 5.75 Å². The first-order valence-electron chi connectivity index (χ1n) is 8.36. The Bertz CT molecular complexity index is 662. The lowest BCUT2D eigenvalue weighted by molar-refractivity contribution is -0.135. The smallest absolute Gasteiger partial charge is 0.224 e. The van der Waals surface area contributed by atoms with Gasteiger partial charge >= 0.3 is 0 Å². The number of carbonyl (C=O) groups excluding carboxylic acids is 1. The highest BCUT2D eigenvalue weighted by atomic mass is 16.5. The number of aliphatic hydroxyl groups is 1. The van der Waals surface area contributed by atoms with Gasteiger partial charge in [-0.1, -0.05) is 18.2 Å². The highest BCUT2D eigenvalue weighted by Crippen LogP contribution is 2.17. The fourth-order valence-electron chi connectivity index (χ4n) is 2.75. The van der Waals surface area contributed by atoms with E-state index in [-0.39, 0.29) is 25.7 Å². The van der Waals surface area contributed by atoms with Crippen molar-refractivity contribution in [3.05, 3.63) is 49.1 Å². The SMILES string of the molecule is O=C(CCn1ccnc1)N1CCOC[C@](O)(COc2ccccc2)C1. The molecule has 0 radical (unpaired) electrons. The summed E-state index contributed by atoms with van der Waals surface area (Å²) in [6, 6.07) is 9.30. The summed E-state index contributed by atoms with van der Waals surface area (Å²) in [7, 11) is 0. The second kappa shape index (κ2) is 8.13. The average molecular weight is 345 g/mol. The number of aryl methyl sites for hydroxylation is 1. The molecule has 25 heavy (non-hydrogen) atoms. The third kappa shape index (κ3) is 5.04. The number of benzene rings is 1. The molecule has 0 bridgehead atoms. The predicted molar refractivity (Wildman–Crippen MR) is 91.1 cm³/mol. The van der Waals surface area contributed by atoms with E-state index in [4.69, 9.17) is 9.47 Å². The molecule has 1 aliphatic rings. The molecule has 2 heterocycles. The van der Waals surface area contributed by atoms with Gasteiger partial charge in [0.05, 0.1) is 26.1 Å². The van der Waals surface area contributed by atoms with E-state index in [1.807, 2.05) is 41.1 Å². The quantitative estimate of drug-likeness (QED) is 0.843. The third-order valence-electron chi connectivity index (χ3n) is 4.11. The van der Waals surface area contributed by atoms with Crippen LogP contribution in [0.4, 0.5) is 0 Å². The standard InChI is InChI=1S/C18H23N3O4/c22-17(6-8-20-9-7-19-15-20)21-10-11-24-13-18(23,12-21)14-25-16-4-2-1-3-5-16/h1-5,7,9,15,23H,6,8,10-14H2/t18-/m0/s1. The number of aromatic nitrogens is 2. The van der Waals surface area contributed by atoms with E-state index in [1.165, 1.54) is 0 Å². The lowest BCUT2D eigenvalue weighted by atomic mass is 10.1. The Morgan fingerprint density at radius 3 is 2.96 bits per heavy atom. The maximum atomic E-state index is 12.5. The number of para-hydroxylation sites is 1. The number of carbonyl (C=O) groups is 1. The summed E-state index contributed by atoms with van der Waals surface area (Å²) < 4.78 is 13.0. The van der Waals surface area contributed by atoms with Crippen molar-refractivity contribution >= 4 is 5.91 Å². The molecular weight excluding hydrogens is 322 g/mol. The fraction of sp³-hybridized carbons (Fsp3) is 0.444. The minimum absolute atomic E-state index is 0.0164. The summed E-state index contributed by atoms with van der Waals surface area (Å²) in [6.07, 6.45) is 5.54. The molecule has 1 atom stereocenters.